The minimum atomic E-state index is -0.120. The van der Waals surface area contributed by atoms with Gasteiger partial charge in [-0.2, -0.15) is 0 Å². The second-order valence-electron chi connectivity index (χ2n) is 4.03. The summed E-state index contributed by atoms with van der Waals surface area (Å²) >= 11 is 0. The van der Waals surface area contributed by atoms with Crippen molar-refractivity contribution in [2.75, 3.05) is 6.61 Å². The van der Waals surface area contributed by atoms with E-state index < -0.39 is 0 Å². The van der Waals surface area contributed by atoms with Crippen LogP contribution in [0.1, 0.15) is 33.6 Å². The average Bonchev–Trinajstić information content (AvgIpc) is 2.03. The predicted octanol–water partition coefficient (Wildman–Crippen LogP) is 1.05. The van der Waals surface area contributed by atoms with Crippen LogP contribution >= 0.6 is 0 Å². The third-order valence-electron chi connectivity index (χ3n) is 1.59. The van der Waals surface area contributed by atoms with Crippen LogP contribution in [0.25, 0.3) is 0 Å². The Balaban J connectivity index is 3.67. The van der Waals surface area contributed by atoms with Crippen molar-refractivity contribution in [2.45, 2.75) is 45.3 Å². The van der Waals surface area contributed by atoms with Gasteiger partial charge in [-0.15, -0.1) is 12.3 Å². The topological polar surface area (TPSA) is 47.3 Å². The molecule has 3 nitrogen and oxygen atoms in total. The van der Waals surface area contributed by atoms with Gasteiger partial charge in [0.25, 0.3) is 0 Å². The highest BCUT2D eigenvalue weighted by Gasteiger charge is 2.13. The molecule has 0 amide bonds. The summed E-state index contributed by atoms with van der Waals surface area (Å²) in [7, 11) is 0. The second kappa shape index (κ2) is 5.98. The first-order valence-electron chi connectivity index (χ1n) is 4.53. The van der Waals surface area contributed by atoms with Crippen LogP contribution in [0.5, 0.6) is 0 Å². The van der Waals surface area contributed by atoms with Crippen molar-refractivity contribution in [3.63, 3.8) is 0 Å². The number of ether oxygens (including phenoxy) is 1. The molecular formula is C10H20N2O. The molecule has 0 aromatic carbocycles. The highest BCUT2D eigenvalue weighted by molar-refractivity contribution is 4.85. The van der Waals surface area contributed by atoms with E-state index in [9.17, 15) is 0 Å². The van der Waals surface area contributed by atoms with Gasteiger partial charge in [0, 0.05) is 12.5 Å². The quantitative estimate of drug-likeness (QED) is 0.381. The lowest BCUT2D eigenvalue weighted by Crippen LogP contribution is -2.40. The number of hydrogen-bond donors (Lipinski definition) is 2. The van der Waals surface area contributed by atoms with Crippen LogP contribution in [-0.2, 0) is 4.74 Å². The van der Waals surface area contributed by atoms with E-state index in [2.05, 4.69) is 11.3 Å². The van der Waals surface area contributed by atoms with Crippen molar-refractivity contribution >= 4 is 0 Å². The number of rotatable bonds is 5. The molecule has 76 valence electrons. The van der Waals surface area contributed by atoms with Gasteiger partial charge in [0.2, 0.25) is 0 Å². The molecule has 1 atom stereocenters. The van der Waals surface area contributed by atoms with Crippen LogP contribution in [0, 0.1) is 12.3 Å². The number of terminal acetylenes is 1. The molecule has 0 fully saturated rings. The Morgan fingerprint density at radius 3 is 2.54 bits per heavy atom. The molecule has 3 N–H and O–H groups in total. The largest absolute Gasteiger partial charge is 0.374 e. The maximum absolute atomic E-state index is 5.57. The fraction of sp³-hybridized carbons (Fsp3) is 0.800. The molecule has 1 unspecified atom stereocenters. The molecule has 13 heavy (non-hydrogen) atoms. The summed E-state index contributed by atoms with van der Waals surface area (Å²) in [5, 5.41) is 0. The normalized spacial score (nSPS) is 13.8. The molecular weight excluding hydrogens is 164 g/mol. The van der Waals surface area contributed by atoms with Crippen LogP contribution < -0.4 is 11.3 Å². The molecule has 0 heterocycles. The van der Waals surface area contributed by atoms with Crippen LogP contribution in [0.15, 0.2) is 0 Å². The maximum atomic E-state index is 5.57. The van der Waals surface area contributed by atoms with E-state index in [1.54, 1.807) is 0 Å². The van der Waals surface area contributed by atoms with E-state index in [-0.39, 0.29) is 11.6 Å². The summed E-state index contributed by atoms with van der Waals surface area (Å²) in [6, 6.07) is 0.148. The van der Waals surface area contributed by atoms with Crippen molar-refractivity contribution in [2.24, 2.45) is 5.84 Å². The standard InChI is InChI=1S/C10H20N2O/c1-5-6-7-9(12-11)8-13-10(2,3)4/h1,9,12H,6-8,11H2,2-4H3. The molecule has 0 aromatic heterocycles. The third kappa shape index (κ3) is 7.79. The summed E-state index contributed by atoms with van der Waals surface area (Å²) in [6.45, 7) is 6.65. The first-order chi connectivity index (χ1) is 5.99. The summed E-state index contributed by atoms with van der Waals surface area (Å²) in [6.07, 6.45) is 6.73. The molecule has 0 saturated carbocycles. The minimum absolute atomic E-state index is 0.120. The van der Waals surface area contributed by atoms with Gasteiger partial charge in [-0.25, -0.2) is 0 Å². The summed E-state index contributed by atoms with van der Waals surface area (Å²) in [5.74, 6) is 7.92. The highest BCUT2D eigenvalue weighted by Crippen LogP contribution is 2.08. The van der Waals surface area contributed by atoms with Gasteiger partial charge in [-0.1, -0.05) is 0 Å². The van der Waals surface area contributed by atoms with Crippen LogP contribution in [-0.4, -0.2) is 18.2 Å². The number of nitrogens with one attached hydrogen (secondary N) is 1. The van der Waals surface area contributed by atoms with Crippen LogP contribution in [0.4, 0.5) is 0 Å². The van der Waals surface area contributed by atoms with Crippen LogP contribution in [0.2, 0.25) is 0 Å². The predicted molar refractivity (Wildman–Crippen MR) is 54.9 cm³/mol. The fourth-order valence-corrected chi connectivity index (χ4v) is 0.823. The zero-order valence-electron chi connectivity index (χ0n) is 8.76. The number of hydrogen-bond acceptors (Lipinski definition) is 3. The summed E-state index contributed by atoms with van der Waals surface area (Å²) < 4.78 is 5.57. The highest BCUT2D eigenvalue weighted by atomic mass is 16.5. The monoisotopic (exact) mass is 184 g/mol. The molecule has 0 aliphatic rings. The second-order valence-corrected chi connectivity index (χ2v) is 4.03. The zero-order chi connectivity index (χ0) is 10.3. The molecule has 0 aliphatic carbocycles. The Morgan fingerprint density at radius 2 is 2.15 bits per heavy atom. The first-order valence-corrected chi connectivity index (χ1v) is 4.53. The fourth-order valence-electron chi connectivity index (χ4n) is 0.823. The molecule has 0 rings (SSSR count). The Kier molecular flexibility index (Phi) is 5.72. The van der Waals surface area contributed by atoms with E-state index in [4.69, 9.17) is 17.0 Å². The number of nitrogens with two attached hydrogens (primary N) is 1. The molecule has 0 aromatic rings. The SMILES string of the molecule is C#CCCC(COC(C)(C)C)NN. The zero-order valence-corrected chi connectivity index (χ0v) is 8.76. The lowest BCUT2D eigenvalue weighted by molar-refractivity contribution is -0.0152. The molecule has 0 saturated heterocycles. The van der Waals surface area contributed by atoms with Crippen molar-refractivity contribution in [1.82, 2.24) is 5.43 Å². The Morgan fingerprint density at radius 1 is 1.54 bits per heavy atom. The lowest BCUT2D eigenvalue weighted by Gasteiger charge is -2.23. The van der Waals surface area contributed by atoms with Gasteiger partial charge >= 0.3 is 0 Å². The molecule has 0 aliphatic heterocycles. The van der Waals surface area contributed by atoms with E-state index in [0.717, 1.165) is 12.8 Å². The lowest BCUT2D eigenvalue weighted by atomic mass is 10.1. The van der Waals surface area contributed by atoms with E-state index in [0.29, 0.717) is 6.61 Å². The van der Waals surface area contributed by atoms with Crippen LogP contribution in [0.3, 0.4) is 0 Å². The van der Waals surface area contributed by atoms with Gasteiger partial charge in [0.05, 0.1) is 12.2 Å². The Labute approximate surface area is 81.0 Å². The minimum Gasteiger partial charge on any atom is -0.374 e. The Hall–Kier alpha value is -0.560. The third-order valence-corrected chi connectivity index (χ3v) is 1.59. The number of hydrazine groups is 1. The first kappa shape index (κ1) is 12.4. The Bertz CT molecular complexity index is 167. The van der Waals surface area contributed by atoms with Gasteiger partial charge in [0.1, 0.15) is 0 Å². The van der Waals surface area contributed by atoms with E-state index in [1.807, 2.05) is 20.8 Å². The van der Waals surface area contributed by atoms with Crippen molar-refractivity contribution in [3.05, 3.63) is 0 Å². The molecule has 0 spiro atoms. The van der Waals surface area contributed by atoms with Crippen molar-refractivity contribution in [1.29, 1.82) is 0 Å². The van der Waals surface area contributed by atoms with Gasteiger partial charge in [-0.3, -0.25) is 11.3 Å². The molecule has 0 bridgehead atoms. The summed E-state index contributed by atoms with van der Waals surface area (Å²) in [4.78, 5) is 0. The maximum Gasteiger partial charge on any atom is 0.0640 e. The smallest absolute Gasteiger partial charge is 0.0640 e. The van der Waals surface area contributed by atoms with E-state index in [1.165, 1.54) is 0 Å². The van der Waals surface area contributed by atoms with Gasteiger partial charge in [0.15, 0.2) is 0 Å². The van der Waals surface area contributed by atoms with E-state index >= 15 is 0 Å². The average molecular weight is 184 g/mol. The van der Waals surface area contributed by atoms with Crippen molar-refractivity contribution in [3.8, 4) is 12.3 Å². The van der Waals surface area contributed by atoms with Crippen molar-refractivity contribution < 1.29 is 4.74 Å². The summed E-state index contributed by atoms with van der Waals surface area (Å²) in [5.41, 5.74) is 2.57. The van der Waals surface area contributed by atoms with Gasteiger partial charge < -0.3 is 4.74 Å². The molecule has 3 heteroatoms. The molecule has 0 radical (unpaired) electrons. The van der Waals surface area contributed by atoms with Gasteiger partial charge in [-0.05, 0) is 27.2 Å².